The molecule has 0 saturated carbocycles. The van der Waals surface area contributed by atoms with E-state index in [1.165, 1.54) is 11.8 Å². The van der Waals surface area contributed by atoms with Gasteiger partial charge in [0.15, 0.2) is 16.7 Å². The lowest BCUT2D eigenvalue weighted by molar-refractivity contribution is -0.121. The van der Waals surface area contributed by atoms with Gasteiger partial charge in [-0.25, -0.2) is 5.01 Å². The molecule has 0 saturated heterocycles. The van der Waals surface area contributed by atoms with Crippen LogP contribution in [-0.4, -0.2) is 39.7 Å². The van der Waals surface area contributed by atoms with E-state index in [0.29, 0.717) is 28.8 Å². The lowest BCUT2D eigenvalue weighted by Gasteiger charge is -2.23. The summed E-state index contributed by atoms with van der Waals surface area (Å²) >= 11 is 2.93. The summed E-state index contributed by atoms with van der Waals surface area (Å²) in [5.41, 5.74) is 2.65. The highest BCUT2D eigenvalue weighted by atomic mass is 32.2. The summed E-state index contributed by atoms with van der Waals surface area (Å²) in [7, 11) is 0. The number of fused-ring (bicyclic) bond motifs is 1. The summed E-state index contributed by atoms with van der Waals surface area (Å²) in [6.07, 6.45) is 0.726. The highest BCUT2D eigenvalue weighted by Gasteiger charge is 2.39. The largest absolute Gasteiger partial charge is 0.454 e. The summed E-state index contributed by atoms with van der Waals surface area (Å²) in [5.74, 6) is 0.635. The second-order valence-corrected chi connectivity index (χ2v) is 10.3. The molecule has 8 nitrogen and oxygen atoms in total. The van der Waals surface area contributed by atoms with Crippen molar-refractivity contribution < 1.29 is 19.1 Å². The Morgan fingerprint density at radius 1 is 1.09 bits per heavy atom. The fraction of sp³-hybridized carbons (Fsp3) is 0.200. The summed E-state index contributed by atoms with van der Waals surface area (Å²) < 4.78 is 10.7. The van der Waals surface area contributed by atoms with Crippen LogP contribution in [0.15, 0.2) is 76.1 Å². The van der Waals surface area contributed by atoms with E-state index in [0.717, 1.165) is 16.2 Å². The average molecular weight is 505 g/mol. The summed E-state index contributed by atoms with van der Waals surface area (Å²) in [6, 6.07) is 19.3. The molecule has 3 aliphatic heterocycles. The number of nitrogens with zero attached hydrogens (tertiary/aromatic N) is 3. The Kier molecular flexibility index (Phi) is 5.75. The highest BCUT2D eigenvalue weighted by molar-refractivity contribution is 8.15. The van der Waals surface area contributed by atoms with Gasteiger partial charge in [-0.2, -0.15) is 10.1 Å². The van der Waals surface area contributed by atoms with Gasteiger partial charge in [0.25, 0.3) is 5.91 Å². The molecule has 0 bridgehead atoms. The normalized spacial score (nSPS) is 20.7. The van der Waals surface area contributed by atoms with Gasteiger partial charge < -0.3 is 14.8 Å². The van der Waals surface area contributed by atoms with Crippen molar-refractivity contribution in [2.45, 2.75) is 24.1 Å². The number of hydrogen-bond acceptors (Lipinski definition) is 8. The molecular weight excluding hydrogens is 484 g/mol. The molecule has 35 heavy (non-hydrogen) atoms. The zero-order valence-corrected chi connectivity index (χ0v) is 20.1. The minimum atomic E-state index is -0.601. The van der Waals surface area contributed by atoms with Crippen molar-refractivity contribution in [3.05, 3.63) is 76.5 Å². The van der Waals surface area contributed by atoms with E-state index in [-0.39, 0.29) is 31.1 Å². The SMILES string of the molecule is O=C(C[C@@H]1SC(N2N=C(c3cccs3)C[C@H]2c2ccccc2)=NC1=O)Nc1ccc2c(c1)OCO2. The maximum absolute atomic E-state index is 12.7. The number of carbonyl (C=O) groups is 2. The van der Waals surface area contributed by atoms with E-state index in [9.17, 15) is 9.59 Å². The maximum Gasteiger partial charge on any atom is 0.262 e. The molecule has 0 spiro atoms. The third-order valence-electron chi connectivity index (χ3n) is 5.85. The third-order valence-corrected chi connectivity index (χ3v) is 7.91. The fourth-order valence-electron chi connectivity index (χ4n) is 4.17. The van der Waals surface area contributed by atoms with Gasteiger partial charge in [0, 0.05) is 24.6 Å². The first-order chi connectivity index (χ1) is 17.1. The number of carbonyl (C=O) groups excluding carboxylic acids is 2. The second kappa shape index (κ2) is 9.20. The van der Waals surface area contributed by atoms with Gasteiger partial charge in [0.2, 0.25) is 12.7 Å². The molecule has 2 atom stereocenters. The number of anilines is 1. The van der Waals surface area contributed by atoms with Gasteiger partial charge in [-0.15, -0.1) is 11.3 Å². The first-order valence-corrected chi connectivity index (χ1v) is 12.8. The number of hydrazone groups is 1. The van der Waals surface area contributed by atoms with Gasteiger partial charge in [-0.1, -0.05) is 48.2 Å². The van der Waals surface area contributed by atoms with Crippen molar-refractivity contribution in [3.8, 4) is 11.5 Å². The predicted molar refractivity (Wildman–Crippen MR) is 136 cm³/mol. The number of amides is 2. The summed E-state index contributed by atoms with van der Waals surface area (Å²) in [6.45, 7) is 0.164. The van der Waals surface area contributed by atoms with Gasteiger partial charge in [0.05, 0.1) is 16.6 Å². The molecule has 2 aromatic carbocycles. The maximum atomic E-state index is 12.7. The van der Waals surface area contributed by atoms with E-state index in [4.69, 9.17) is 14.6 Å². The second-order valence-electron chi connectivity index (χ2n) is 8.16. The van der Waals surface area contributed by atoms with Crippen molar-refractivity contribution in [1.82, 2.24) is 5.01 Å². The molecule has 0 fully saturated rings. The number of amidine groups is 1. The number of hydrogen-bond donors (Lipinski definition) is 1. The molecule has 1 N–H and O–H groups in total. The molecule has 10 heteroatoms. The Labute approximate surface area is 209 Å². The number of ether oxygens (including phenoxy) is 2. The van der Waals surface area contributed by atoms with E-state index in [1.54, 1.807) is 29.5 Å². The molecule has 0 radical (unpaired) electrons. The number of benzene rings is 2. The summed E-state index contributed by atoms with van der Waals surface area (Å²) in [4.78, 5) is 30.8. The third kappa shape index (κ3) is 4.42. The van der Waals surface area contributed by atoms with Crippen molar-refractivity contribution in [3.63, 3.8) is 0 Å². The lowest BCUT2D eigenvalue weighted by Crippen LogP contribution is -2.25. The number of aliphatic imine (C=N–C) groups is 1. The Balaban J connectivity index is 1.17. The zero-order chi connectivity index (χ0) is 23.8. The van der Waals surface area contributed by atoms with Crippen molar-refractivity contribution in [1.29, 1.82) is 0 Å². The van der Waals surface area contributed by atoms with Gasteiger partial charge >= 0.3 is 0 Å². The molecule has 0 aliphatic carbocycles. The Hall–Kier alpha value is -3.63. The first-order valence-electron chi connectivity index (χ1n) is 11.1. The van der Waals surface area contributed by atoms with E-state index in [1.807, 2.05) is 40.7 Å². The van der Waals surface area contributed by atoms with Gasteiger partial charge in [-0.3, -0.25) is 9.59 Å². The predicted octanol–water partition coefficient (Wildman–Crippen LogP) is 4.65. The average Bonchev–Trinajstić information content (AvgIpc) is 3.66. The molecule has 0 unspecified atom stereocenters. The van der Waals surface area contributed by atoms with Crippen LogP contribution in [0.1, 0.15) is 29.3 Å². The van der Waals surface area contributed by atoms with Crippen LogP contribution in [0.4, 0.5) is 5.69 Å². The van der Waals surface area contributed by atoms with Crippen LogP contribution in [0, 0.1) is 0 Å². The van der Waals surface area contributed by atoms with Crippen LogP contribution < -0.4 is 14.8 Å². The molecule has 2 amide bonds. The zero-order valence-electron chi connectivity index (χ0n) is 18.4. The van der Waals surface area contributed by atoms with Crippen LogP contribution >= 0.6 is 23.1 Å². The minimum Gasteiger partial charge on any atom is -0.454 e. The molecule has 3 aromatic rings. The smallest absolute Gasteiger partial charge is 0.262 e. The van der Waals surface area contributed by atoms with Crippen LogP contribution in [0.3, 0.4) is 0 Å². The molecule has 6 rings (SSSR count). The van der Waals surface area contributed by atoms with Crippen LogP contribution in [0.5, 0.6) is 11.5 Å². The van der Waals surface area contributed by atoms with Gasteiger partial charge in [0.1, 0.15) is 5.25 Å². The van der Waals surface area contributed by atoms with E-state index in [2.05, 4.69) is 22.4 Å². The lowest BCUT2D eigenvalue weighted by atomic mass is 10.0. The first kappa shape index (κ1) is 21.9. The van der Waals surface area contributed by atoms with Crippen LogP contribution in [0.2, 0.25) is 0 Å². The topological polar surface area (TPSA) is 92.6 Å². The fourth-order valence-corrected chi connectivity index (χ4v) is 5.95. The number of rotatable bonds is 5. The standard InChI is InChI=1S/C25H20N4O4S2/c30-23(26-16-8-9-19-20(11-16)33-14-32-19)13-22-24(31)27-25(35-22)29-18(15-5-2-1-3-6-15)12-17(28-29)21-7-4-10-34-21/h1-11,18,22H,12-14H2,(H,26,30)/t18-,22-/m0/s1. The Morgan fingerprint density at radius 2 is 1.94 bits per heavy atom. The monoisotopic (exact) mass is 504 g/mol. The van der Waals surface area contributed by atoms with E-state index >= 15 is 0 Å². The number of thiophene rings is 1. The Bertz CT molecular complexity index is 1340. The molecule has 176 valence electrons. The summed E-state index contributed by atoms with van der Waals surface area (Å²) in [5, 5.41) is 11.5. The Morgan fingerprint density at radius 3 is 2.77 bits per heavy atom. The molecule has 1 aromatic heterocycles. The van der Waals surface area contributed by atoms with Crippen LogP contribution in [0.25, 0.3) is 0 Å². The van der Waals surface area contributed by atoms with Crippen molar-refractivity contribution >= 4 is 51.5 Å². The number of nitrogens with one attached hydrogen (secondary N) is 1. The molecule has 4 heterocycles. The van der Waals surface area contributed by atoms with Crippen molar-refractivity contribution in [2.24, 2.45) is 10.1 Å². The highest BCUT2D eigenvalue weighted by Crippen LogP contribution is 2.39. The number of thioether (sulfide) groups is 1. The quantitative estimate of drug-likeness (QED) is 0.544. The molecule has 3 aliphatic rings. The van der Waals surface area contributed by atoms with Crippen molar-refractivity contribution in [2.75, 3.05) is 12.1 Å². The minimum absolute atomic E-state index is 0.0102. The van der Waals surface area contributed by atoms with E-state index < -0.39 is 5.25 Å². The van der Waals surface area contributed by atoms with Gasteiger partial charge in [-0.05, 0) is 29.1 Å². The van der Waals surface area contributed by atoms with Crippen LogP contribution in [-0.2, 0) is 9.59 Å². The molecular formula is C25H20N4O4S2.